The van der Waals surface area contributed by atoms with E-state index in [4.69, 9.17) is 11.6 Å². The molecule has 1 aromatic carbocycles. The van der Waals surface area contributed by atoms with Crippen LogP contribution in [0.3, 0.4) is 0 Å². The van der Waals surface area contributed by atoms with Crippen molar-refractivity contribution in [1.29, 1.82) is 0 Å². The monoisotopic (exact) mass is 416 g/mol. The zero-order chi connectivity index (χ0) is 21.2. The van der Waals surface area contributed by atoms with Crippen molar-refractivity contribution in [2.24, 2.45) is 0 Å². The second-order valence-corrected chi connectivity index (χ2v) is 8.74. The first kappa shape index (κ1) is 21.2. The average Bonchev–Trinajstić information content (AvgIpc) is 3.13. The summed E-state index contributed by atoms with van der Waals surface area (Å²) in [6.45, 7) is 9.41. The Balaban J connectivity index is 1.87. The maximum atomic E-state index is 13.3. The zero-order valence-corrected chi connectivity index (χ0v) is 18.2. The van der Waals surface area contributed by atoms with E-state index in [-0.39, 0.29) is 30.1 Å². The summed E-state index contributed by atoms with van der Waals surface area (Å²) in [5, 5.41) is 3.56. The third-order valence-corrected chi connectivity index (χ3v) is 5.38. The lowest BCUT2D eigenvalue weighted by Crippen LogP contribution is -2.52. The molecule has 6 nitrogen and oxygen atoms in total. The standard InChI is InChI=1S/C22H29ClN4O2/c1-5-25(21(29)24-22(2,3)4)15-19(28)27-14-13-26-12-8-11-18(26)20(27)16-9-6-7-10-17(16)23/h6-12,20H,5,13-15H2,1-4H3,(H,24,29)/t20-/m0/s1. The Kier molecular flexibility index (Phi) is 6.22. The van der Waals surface area contributed by atoms with Crippen LogP contribution in [0.4, 0.5) is 4.79 Å². The van der Waals surface area contributed by atoms with Crippen molar-refractivity contribution >= 4 is 23.5 Å². The first-order chi connectivity index (χ1) is 13.7. The summed E-state index contributed by atoms with van der Waals surface area (Å²) in [4.78, 5) is 29.3. The Hall–Kier alpha value is -2.47. The van der Waals surface area contributed by atoms with Gasteiger partial charge in [-0.15, -0.1) is 0 Å². The van der Waals surface area contributed by atoms with Crippen LogP contribution >= 0.6 is 11.6 Å². The summed E-state index contributed by atoms with van der Waals surface area (Å²) in [5.74, 6) is -0.0896. The van der Waals surface area contributed by atoms with Crippen molar-refractivity contribution < 1.29 is 9.59 Å². The molecule has 3 rings (SSSR count). The predicted octanol–water partition coefficient (Wildman–Crippen LogP) is 3.90. The minimum absolute atomic E-state index is 0.0279. The van der Waals surface area contributed by atoms with Gasteiger partial charge in [0.2, 0.25) is 5.91 Å². The first-order valence-corrected chi connectivity index (χ1v) is 10.3. The number of aromatic nitrogens is 1. The summed E-state index contributed by atoms with van der Waals surface area (Å²) in [6.07, 6.45) is 2.02. The van der Waals surface area contributed by atoms with Crippen LogP contribution in [0.15, 0.2) is 42.6 Å². The predicted molar refractivity (Wildman–Crippen MR) is 115 cm³/mol. The minimum atomic E-state index is -0.362. The first-order valence-electron chi connectivity index (χ1n) is 9.97. The number of nitrogens with zero attached hydrogens (tertiary/aromatic N) is 3. The summed E-state index contributed by atoms with van der Waals surface area (Å²) >= 11 is 6.50. The largest absolute Gasteiger partial charge is 0.348 e. The highest BCUT2D eigenvalue weighted by Crippen LogP contribution is 2.36. The second kappa shape index (κ2) is 8.49. The second-order valence-electron chi connectivity index (χ2n) is 8.33. The highest BCUT2D eigenvalue weighted by Gasteiger charge is 2.34. The molecule has 0 bridgehead atoms. The number of halogens is 1. The number of carbonyl (C=O) groups excluding carboxylic acids is 2. The molecule has 2 aromatic rings. The Morgan fingerprint density at radius 2 is 1.90 bits per heavy atom. The molecule has 156 valence electrons. The van der Waals surface area contributed by atoms with Crippen LogP contribution in [0.5, 0.6) is 0 Å². The SMILES string of the molecule is CCN(CC(=O)N1CCn2cccc2[C@@H]1c1ccccc1Cl)C(=O)NC(C)(C)C. The molecule has 1 aromatic heterocycles. The number of benzene rings is 1. The fourth-order valence-electron chi connectivity index (χ4n) is 3.66. The van der Waals surface area contributed by atoms with Gasteiger partial charge < -0.3 is 19.7 Å². The van der Waals surface area contributed by atoms with Gasteiger partial charge in [0.1, 0.15) is 6.54 Å². The molecule has 1 aliphatic rings. The lowest BCUT2D eigenvalue weighted by molar-refractivity contribution is -0.134. The van der Waals surface area contributed by atoms with Crippen molar-refractivity contribution in [1.82, 2.24) is 19.7 Å². The number of rotatable bonds is 4. The maximum Gasteiger partial charge on any atom is 0.318 e. The molecule has 7 heteroatoms. The normalized spacial score (nSPS) is 16.3. The van der Waals surface area contributed by atoms with Gasteiger partial charge >= 0.3 is 6.03 Å². The highest BCUT2D eigenvalue weighted by molar-refractivity contribution is 6.31. The van der Waals surface area contributed by atoms with Gasteiger partial charge in [0, 0.05) is 42.1 Å². The van der Waals surface area contributed by atoms with Crippen LogP contribution in [0, 0.1) is 0 Å². The van der Waals surface area contributed by atoms with Gasteiger partial charge in [0.25, 0.3) is 0 Å². The summed E-state index contributed by atoms with van der Waals surface area (Å²) in [7, 11) is 0. The summed E-state index contributed by atoms with van der Waals surface area (Å²) in [5.41, 5.74) is 1.56. The van der Waals surface area contributed by atoms with E-state index in [1.54, 1.807) is 4.90 Å². The van der Waals surface area contributed by atoms with Gasteiger partial charge in [-0.1, -0.05) is 29.8 Å². The lowest BCUT2D eigenvalue weighted by atomic mass is 9.99. The molecule has 0 spiro atoms. The number of hydrogen-bond donors (Lipinski definition) is 1. The van der Waals surface area contributed by atoms with Crippen LogP contribution in [0.1, 0.15) is 45.0 Å². The molecule has 1 aliphatic heterocycles. The molecule has 0 saturated heterocycles. The molecule has 3 amide bonds. The molecule has 29 heavy (non-hydrogen) atoms. The third-order valence-electron chi connectivity index (χ3n) is 5.04. The number of fused-ring (bicyclic) bond motifs is 1. The molecular formula is C22H29ClN4O2. The number of hydrogen-bond acceptors (Lipinski definition) is 2. The maximum absolute atomic E-state index is 13.3. The Bertz CT molecular complexity index is 887. The molecule has 0 saturated carbocycles. The van der Waals surface area contributed by atoms with E-state index in [1.165, 1.54) is 0 Å². The van der Waals surface area contributed by atoms with E-state index >= 15 is 0 Å². The van der Waals surface area contributed by atoms with Crippen LogP contribution in [0.2, 0.25) is 5.02 Å². The number of urea groups is 1. The zero-order valence-electron chi connectivity index (χ0n) is 17.5. The number of carbonyl (C=O) groups is 2. The van der Waals surface area contributed by atoms with Gasteiger partial charge in [0.05, 0.1) is 6.04 Å². The van der Waals surface area contributed by atoms with Gasteiger partial charge in [-0.3, -0.25) is 4.79 Å². The summed E-state index contributed by atoms with van der Waals surface area (Å²) in [6, 6.07) is 11.1. The topological polar surface area (TPSA) is 57.6 Å². The molecule has 0 aliphatic carbocycles. The van der Waals surface area contributed by atoms with Gasteiger partial charge in [-0.25, -0.2) is 4.79 Å². The third kappa shape index (κ3) is 4.75. The van der Waals surface area contributed by atoms with Crippen molar-refractivity contribution in [2.45, 2.75) is 45.8 Å². The Morgan fingerprint density at radius 3 is 2.55 bits per heavy atom. The van der Waals surface area contributed by atoms with E-state index in [2.05, 4.69) is 9.88 Å². The van der Waals surface area contributed by atoms with E-state index in [1.807, 2.05) is 75.2 Å². The quantitative estimate of drug-likeness (QED) is 0.821. The molecule has 1 N–H and O–H groups in total. The van der Waals surface area contributed by atoms with Gasteiger partial charge in [0.15, 0.2) is 0 Å². The van der Waals surface area contributed by atoms with E-state index < -0.39 is 0 Å². The Labute approximate surface area is 177 Å². The molecule has 0 radical (unpaired) electrons. The summed E-state index contributed by atoms with van der Waals surface area (Å²) < 4.78 is 2.15. The Morgan fingerprint density at radius 1 is 1.17 bits per heavy atom. The number of likely N-dealkylation sites (N-methyl/N-ethyl adjacent to an activating group) is 1. The van der Waals surface area contributed by atoms with Crippen molar-refractivity contribution in [2.75, 3.05) is 19.6 Å². The molecule has 2 heterocycles. The van der Waals surface area contributed by atoms with E-state index in [0.29, 0.717) is 18.1 Å². The molecule has 0 fully saturated rings. The van der Waals surface area contributed by atoms with Crippen molar-refractivity contribution in [3.8, 4) is 0 Å². The minimum Gasteiger partial charge on any atom is -0.348 e. The van der Waals surface area contributed by atoms with E-state index in [0.717, 1.165) is 17.8 Å². The van der Waals surface area contributed by atoms with Crippen LogP contribution in [-0.2, 0) is 11.3 Å². The lowest BCUT2D eigenvalue weighted by Gasteiger charge is -2.39. The van der Waals surface area contributed by atoms with Crippen molar-refractivity contribution in [3.05, 3.63) is 58.9 Å². The van der Waals surface area contributed by atoms with E-state index in [9.17, 15) is 9.59 Å². The van der Waals surface area contributed by atoms with Gasteiger partial charge in [-0.2, -0.15) is 0 Å². The molecular weight excluding hydrogens is 388 g/mol. The van der Waals surface area contributed by atoms with Crippen LogP contribution in [-0.4, -0.2) is 51.5 Å². The molecule has 0 unspecified atom stereocenters. The smallest absolute Gasteiger partial charge is 0.318 e. The van der Waals surface area contributed by atoms with Crippen LogP contribution < -0.4 is 5.32 Å². The van der Waals surface area contributed by atoms with Gasteiger partial charge in [-0.05, 0) is 51.5 Å². The fraction of sp³-hybridized carbons (Fsp3) is 0.455. The molecule has 1 atom stereocenters. The van der Waals surface area contributed by atoms with Crippen molar-refractivity contribution in [3.63, 3.8) is 0 Å². The average molecular weight is 417 g/mol. The highest BCUT2D eigenvalue weighted by atomic mass is 35.5. The number of nitrogens with one attached hydrogen (secondary N) is 1. The van der Waals surface area contributed by atoms with Crippen LogP contribution in [0.25, 0.3) is 0 Å². The number of amides is 3. The fourth-order valence-corrected chi connectivity index (χ4v) is 3.90.